The standard InChI is InChI=1S/C21H20ClFN8O2/c1-8(2)27-19-17(23)16(22)15(11-4-26-30-18(11)19)12-6-31-7-13(28-14(31)5-25-12)29-21(33)10-3-9(10)20(24)32/h4-10,27H,3H2,1-2H3,(H2,24,32)(H,26,30)(H,29,33). The smallest absolute Gasteiger partial charge is 0.229 e. The van der Waals surface area contributed by atoms with Gasteiger partial charge in [0.15, 0.2) is 17.3 Å². The number of primary amides is 1. The van der Waals surface area contributed by atoms with Crippen LogP contribution in [0.1, 0.15) is 20.3 Å². The van der Waals surface area contributed by atoms with Gasteiger partial charge in [-0.05, 0) is 20.3 Å². The highest BCUT2D eigenvalue weighted by Crippen LogP contribution is 2.41. The van der Waals surface area contributed by atoms with Crippen molar-refractivity contribution in [2.24, 2.45) is 17.6 Å². The third-order valence-electron chi connectivity index (χ3n) is 5.56. The number of nitrogens with one attached hydrogen (secondary N) is 3. The molecule has 1 aliphatic carbocycles. The van der Waals surface area contributed by atoms with Crippen molar-refractivity contribution >= 4 is 51.5 Å². The van der Waals surface area contributed by atoms with E-state index in [1.165, 1.54) is 6.20 Å². The van der Waals surface area contributed by atoms with E-state index < -0.39 is 23.6 Å². The lowest BCUT2D eigenvalue weighted by atomic mass is 10.1. The summed E-state index contributed by atoms with van der Waals surface area (Å²) in [6.07, 6.45) is 6.74. The second-order valence-electron chi connectivity index (χ2n) is 8.34. The highest BCUT2D eigenvalue weighted by Gasteiger charge is 2.47. The number of hydrogen-bond acceptors (Lipinski definition) is 6. The van der Waals surface area contributed by atoms with Crippen molar-refractivity contribution in [3.8, 4) is 11.3 Å². The summed E-state index contributed by atoms with van der Waals surface area (Å²) >= 11 is 6.44. The fourth-order valence-electron chi connectivity index (χ4n) is 3.90. The van der Waals surface area contributed by atoms with Crippen LogP contribution in [0.5, 0.6) is 0 Å². The molecule has 12 heteroatoms. The number of nitrogens with zero attached hydrogens (tertiary/aromatic N) is 4. The van der Waals surface area contributed by atoms with Gasteiger partial charge in [0, 0.05) is 23.2 Å². The van der Waals surface area contributed by atoms with Gasteiger partial charge < -0.3 is 20.8 Å². The van der Waals surface area contributed by atoms with Crippen molar-refractivity contribution < 1.29 is 14.0 Å². The number of fused-ring (bicyclic) bond motifs is 2. The minimum atomic E-state index is -0.606. The quantitative estimate of drug-likeness (QED) is 0.341. The van der Waals surface area contributed by atoms with Crippen LogP contribution in [0.2, 0.25) is 5.02 Å². The fraction of sp³-hybridized carbons (Fsp3) is 0.286. The number of carbonyl (C=O) groups is 2. The number of aromatic amines is 1. The van der Waals surface area contributed by atoms with E-state index in [4.69, 9.17) is 17.3 Å². The molecule has 2 unspecified atom stereocenters. The number of H-pyrrole nitrogens is 1. The number of amides is 2. The Morgan fingerprint density at radius 3 is 2.79 bits per heavy atom. The third kappa shape index (κ3) is 3.63. The highest BCUT2D eigenvalue weighted by atomic mass is 35.5. The Hall–Kier alpha value is -3.73. The van der Waals surface area contributed by atoms with E-state index in [9.17, 15) is 9.59 Å². The highest BCUT2D eigenvalue weighted by molar-refractivity contribution is 6.35. The largest absolute Gasteiger partial charge is 0.379 e. The van der Waals surface area contributed by atoms with E-state index in [2.05, 4.69) is 30.8 Å². The first-order valence-corrected chi connectivity index (χ1v) is 10.7. The van der Waals surface area contributed by atoms with Gasteiger partial charge in [-0.3, -0.25) is 19.7 Å². The van der Waals surface area contributed by atoms with Gasteiger partial charge in [0.05, 0.1) is 52.3 Å². The zero-order chi connectivity index (χ0) is 23.4. The number of aromatic nitrogens is 5. The normalized spacial score (nSPS) is 17.6. The molecule has 4 aromatic rings. The Kier molecular flexibility index (Phi) is 4.93. The van der Waals surface area contributed by atoms with Crippen LogP contribution < -0.4 is 16.4 Å². The molecule has 0 aliphatic heterocycles. The monoisotopic (exact) mass is 470 g/mol. The summed E-state index contributed by atoms with van der Waals surface area (Å²) in [5.74, 6) is -1.97. The number of nitrogens with two attached hydrogens (primary N) is 1. The lowest BCUT2D eigenvalue weighted by molar-refractivity contribution is -0.123. The Labute approximate surface area is 191 Å². The molecule has 1 saturated carbocycles. The van der Waals surface area contributed by atoms with Gasteiger partial charge in [0.1, 0.15) is 0 Å². The first-order valence-electron chi connectivity index (χ1n) is 10.3. The Morgan fingerprint density at radius 2 is 2.09 bits per heavy atom. The third-order valence-corrected chi connectivity index (χ3v) is 5.92. The summed E-state index contributed by atoms with van der Waals surface area (Å²) in [6.45, 7) is 3.79. The summed E-state index contributed by atoms with van der Waals surface area (Å²) in [4.78, 5) is 32.2. The van der Waals surface area contributed by atoms with Crippen LogP contribution in [-0.4, -0.2) is 42.4 Å². The molecule has 0 spiro atoms. The average Bonchev–Trinajstić information content (AvgIpc) is 3.27. The minimum absolute atomic E-state index is 0.0177. The van der Waals surface area contributed by atoms with Gasteiger partial charge >= 0.3 is 0 Å². The van der Waals surface area contributed by atoms with Gasteiger partial charge in [-0.25, -0.2) is 9.37 Å². The van der Waals surface area contributed by atoms with Gasteiger partial charge in [-0.2, -0.15) is 5.10 Å². The molecule has 2 atom stereocenters. The Bertz CT molecular complexity index is 1430. The second-order valence-corrected chi connectivity index (χ2v) is 8.72. The first-order chi connectivity index (χ1) is 15.7. The van der Waals surface area contributed by atoms with Crippen LogP contribution in [0.3, 0.4) is 0 Å². The molecule has 5 N–H and O–H groups in total. The summed E-state index contributed by atoms with van der Waals surface area (Å²) in [7, 11) is 0. The van der Waals surface area contributed by atoms with Crippen LogP contribution in [-0.2, 0) is 9.59 Å². The van der Waals surface area contributed by atoms with Crippen molar-refractivity contribution in [3.05, 3.63) is 35.6 Å². The van der Waals surface area contributed by atoms with Crippen LogP contribution in [0, 0.1) is 17.7 Å². The minimum Gasteiger partial charge on any atom is -0.379 e. The number of hydrogen-bond donors (Lipinski definition) is 4. The molecule has 1 aliphatic rings. The van der Waals surface area contributed by atoms with Crippen molar-refractivity contribution in [3.63, 3.8) is 0 Å². The molecule has 170 valence electrons. The molecule has 5 rings (SSSR count). The molecule has 0 saturated heterocycles. The van der Waals surface area contributed by atoms with Gasteiger partial charge in [-0.1, -0.05) is 11.6 Å². The van der Waals surface area contributed by atoms with E-state index in [0.717, 1.165) is 0 Å². The number of anilines is 2. The summed E-state index contributed by atoms with van der Waals surface area (Å²) in [5, 5.41) is 13.2. The molecular weight excluding hydrogens is 451 g/mol. The molecule has 3 aromatic heterocycles. The number of rotatable bonds is 6. The molecule has 1 aromatic carbocycles. The molecule has 0 radical (unpaired) electrons. The summed E-state index contributed by atoms with van der Waals surface area (Å²) < 4.78 is 16.8. The SMILES string of the molecule is CC(C)Nc1c(F)c(Cl)c(-c2cn3cc(NC(=O)C4CC4C(N)=O)nc3cn2)c2cn[nH]c12. The number of halogens is 2. The second kappa shape index (κ2) is 7.69. The van der Waals surface area contributed by atoms with E-state index in [1.54, 1.807) is 23.0 Å². The number of benzene rings is 1. The van der Waals surface area contributed by atoms with Gasteiger partial charge in [-0.15, -0.1) is 0 Å². The van der Waals surface area contributed by atoms with Crippen molar-refractivity contribution in [1.82, 2.24) is 24.6 Å². The van der Waals surface area contributed by atoms with E-state index in [1.807, 2.05) is 13.8 Å². The summed E-state index contributed by atoms with van der Waals surface area (Å²) in [6, 6.07) is -0.0177. The van der Waals surface area contributed by atoms with Gasteiger partial charge in [0.25, 0.3) is 0 Å². The fourth-order valence-corrected chi connectivity index (χ4v) is 4.19. The number of imidazole rings is 1. The predicted octanol–water partition coefficient (Wildman–Crippen LogP) is 2.95. The zero-order valence-electron chi connectivity index (χ0n) is 17.7. The maximum atomic E-state index is 15.2. The molecule has 2 amide bonds. The molecule has 10 nitrogen and oxygen atoms in total. The van der Waals surface area contributed by atoms with E-state index >= 15 is 4.39 Å². The summed E-state index contributed by atoms with van der Waals surface area (Å²) in [5.41, 5.74) is 7.23. The van der Waals surface area contributed by atoms with Crippen LogP contribution in [0.4, 0.5) is 15.9 Å². The molecule has 0 bridgehead atoms. The lowest BCUT2D eigenvalue weighted by Crippen LogP contribution is -2.20. The Balaban J connectivity index is 1.51. The van der Waals surface area contributed by atoms with E-state index in [-0.39, 0.29) is 22.7 Å². The molecule has 1 fully saturated rings. The molecule has 3 heterocycles. The zero-order valence-corrected chi connectivity index (χ0v) is 18.4. The van der Waals surface area contributed by atoms with Crippen LogP contribution in [0.25, 0.3) is 27.8 Å². The van der Waals surface area contributed by atoms with Crippen molar-refractivity contribution in [2.75, 3.05) is 10.6 Å². The maximum Gasteiger partial charge on any atom is 0.229 e. The number of carbonyl (C=O) groups excluding carboxylic acids is 2. The van der Waals surface area contributed by atoms with Crippen LogP contribution in [0.15, 0.2) is 24.8 Å². The topological polar surface area (TPSA) is 143 Å². The van der Waals surface area contributed by atoms with Crippen molar-refractivity contribution in [2.45, 2.75) is 26.3 Å². The maximum absolute atomic E-state index is 15.2. The lowest BCUT2D eigenvalue weighted by Gasteiger charge is -2.15. The first kappa shape index (κ1) is 21.1. The Morgan fingerprint density at radius 1 is 1.30 bits per heavy atom. The van der Waals surface area contributed by atoms with E-state index in [0.29, 0.717) is 40.0 Å². The average molecular weight is 471 g/mol. The van der Waals surface area contributed by atoms with Crippen LogP contribution >= 0.6 is 11.6 Å². The predicted molar refractivity (Wildman–Crippen MR) is 121 cm³/mol. The van der Waals surface area contributed by atoms with Crippen molar-refractivity contribution in [1.29, 1.82) is 0 Å². The molecular formula is C21H20ClFN8O2. The van der Waals surface area contributed by atoms with Gasteiger partial charge in [0.2, 0.25) is 11.8 Å². The molecule has 33 heavy (non-hydrogen) atoms.